The van der Waals surface area contributed by atoms with Crippen molar-refractivity contribution in [2.75, 3.05) is 12.8 Å². The van der Waals surface area contributed by atoms with Crippen LogP contribution in [-0.4, -0.2) is 32.5 Å². The molecule has 0 heterocycles. The third kappa shape index (κ3) is 4.42. The molecule has 1 aliphatic rings. The van der Waals surface area contributed by atoms with E-state index in [0.717, 1.165) is 25.8 Å². The molecular weight excluding hydrogens is 222 g/mol. The van der Waals surface area contributed by atoms with Crippen LogP contribution in [0.5, 0.6) is 0 Å². The summed E-state index contributed by atoms with van der Waals surface area (Å²) >= 11 is 0. The lowest BCUT2D eigenvalue weighted by Gasteiger charge is -2.19. The molecule has 2 atom stereocenters. The van der Waals surface area contributed by atoms with Gasteiger partial charge in [0.1, 0.15) is 0 Å². The van der Waals surface area contributed by atoms with Crippen LogP contribution in [0.25, 0.3) is 0 Å². The Bertz CT molecular complexity index is 287. The smallest absolute Gasteiger partial charge is 0.151 e. The molecule has 1 fully saturated rings. The molecule has 0 aromatic rings. The van der Waals surface area contributed by atoms with Crippen molar-refractivity contribution < 1.29 is 8.42 Å². The van der Waals surface area contributed by atoms with Crippen LogP contribution in [0.15, 0.2) is 0 Å². The largest absolute Gasteiger partial charge is 0.313 e. The van der Waals surface area contributed by atoms with Gasteiger partial charge < -0.3 is 5.32 Å². The van der Waals surface area contributed by atoms with E-state index in [1.54, 1.807) is 0 Å². The highest BCUT2D eigenvalue weighted by molar-refractivity contribution is 7.91. The predicted octanol–water partition coefficient (Wildman–Crippen LogP) is 2.12. The minimum Gasteiger partial charge on any atom is -0.313 e. The summed E-state index contributed by atoms with van der Waals surface area (Å²) in [5.41, 5.74) is 0. The zero-order valence-corrected chi connectivity index (χ0v) is 11.4. The van der Waals surface area contributed by atoms with Crippen LogP contribution in [-0.2, 0) is 9.84 Å². The molecule has 96 valence electrons. The van der Waals surface area contributed by atoms with Crippen LogP contribution < -0.4 is 5.32 Å². The molecule has 0 spiro atoms. The molecule has 1 aliphatic carbocycles. The highest BCUT2D eigenvalue weighted by Gasteiger charge is 2.33. The lowest BCUT2D eigenvalue weighted by Crippen LogP contribution is -2.40. The normalized spacial score (nSPS) is 26.1. The highest BCUT2D eigenvalue weighted by Crippen LogP contribution is 2.24. The maximum atomic E-state index is 11.5. The zero-order chi connectivity index (χ0) is 12.0. The second-order valence-electron chi connectivity index (χ2n) is 4.92. The van der Waals surface area contributed by atoms with Crippen molar-refractivity contribution in [1.29, 1.82) is 0 Å². The molecular formula is C12H25NO2S. The van der Waals surface area contributed by atoms with E-state index in [1.165, 1.54) is 31.9 Å². The number of nitrogens with one attached hydrogen (secondary N) is 1. The Balaban J connectivity index is 2.26. The van der Waals surface area contributed by atoms with E-state index in [2.05, 4.69) is 12.2 Å². The maximum absolute atomic E-state index is 11.5. The van der Waals surface area contributed by atoms with Gasteiger partial charge in [0.05, 0.1) is 5.25 Å². The molecule has 1 N–H and O–H groups in total. The molecule has 2 unspecified atom stereocenters. The average molecular weight is 247 g/mol. The quantitative estimate of drug-likeness (QED) is 0.701. The molecule has 0 saturated heterocycles. The Hall–Kier alpha value is -0.0900. The van der Waals surface area contributed by atoms with Crippen LogP contribution in [0.2, 0.25) is 0 Å². The molecule has 1 rings (SSSR count). The number of rotatable bonds is 7. The second-order valence-corrected chi connectivity index (χ2v) is 7.18. The summed E-state index contributed by atoms with van der Waals surface area (Å²) in [7, 11) is -2.86. The summed E-state index contributed by atoms with van der Waals surface area (Å²) in [5.74, 6) is 0. The van der Waals surface area contributed by atoms with Gasteiger partial charge in [-0.1, -0.05) is 32.6 Å². The summed E-state index contributed by atoms with van der Waals surface area (Å²) in [5, 5.41) is 3.28. The van der Waals surface area contributed by atoms with Gasteiger partial charge >= 0.3 is 0 Å². The summed E-state index contributed by atoms with van der Waals surface area (Å²) in [4.78, 5) is 0. The first kappa shape index (κ1) is 14.0. The first-order valence-electron chi connectivity index (χ1n) is 6.48. The molecule has 0 amide bonds. The Morgan fingerprint density at radius 3 is 2.56 bits per heavy atom. The number of unbranched alkanes of at least 4 members (excludes halogenated alkanes) is 3. The molecule has 16 heavy (non-hydrogen) atoms. The van der Waals surface area contributed by atoms with Gasteiger partial charge in [-0.15, -0.1) is 0 Å². The second kappa shape index (κ2) is 6.60. The molecule has 0 aromatic carbocycles. The van der Waals surface area contributed by atoms with Crippen LogP contribution in [0.1, 0.15) is 51.9 Å². The molecule has 1 saturated carbocycles. The van der Waals surface area contributed by atoms with E-state index in [9.17, 15) is 8.42 Å². The van der Waals surface area contributed by atoms with Crippen LogP contribution >= 0.6 is 0 Å². The topological polar surface area (TPSA) is 46.2 Å². The summed E-state index contributed by atoms with van der Waals surface area (Å²) in [6.07, 6.45) is 9.22. The average Bonchev–Trinajstić information content (AvgIpc) is 2.65. The van der Waals surface area contributed by atoms with E-state index in [0.29, 0.717) is 0 Å². The minimum atomic E-state index is -2.86. The maximum Gasteiger partial charge on any atom is 0.151 e. The third-order valence-corrected chi connectivity index (χ3v) is 5.10. The van der Waals surface area contributed by atoms with Crippen molar-refractivity contribution in [3.8, 4) is 0 Å². The lowest BCUT2D eigenvalue weighted by molar-refractivity contribution is 0.492. The minimum absolute atomic E-state index is 0.140. The van der Waals surface area contributed by atoms with Crippen LogP contribution in [0.4, 0.5) is 0 Å². The Kier molecular flexibility index (Phi) is 5.76. The van der Waals surface area contributed by atoms with Crippen molar-refractivity contribution in [3.63, 3.8) is 0 Å². The van der Waals surface area contributed by atoms with Crippen molar-refractivity contribution in [2.24, 2.45) is 0 Å². The van der Waals surface area contributed by atoms with Gasteiger partial charge in [0, 0.05) is 12.3 Å². The van der Waals surface area contributed by atoms with Gasteiger partial charge in [-0.3, -0.25) is 0 Å². The SMILES string of the molecule is CCCCCCNC1CCCC1S(C)(=O)=O. The first-order chi connectivity index (χ1) is 7.55. The third-order valence-electron chi connectivity index (χ3n) is 3.44. The first-order valence-corrected chi connectivity index (χ1v) is 8.43. The van der Waals surface area contributed by atoms with Gasteiger partial charge in [-0.25, -0.2) is 8.42 Å². The summed E-state index contributed by atoms with van der Waals surface area (Å²) in [6.45, 7) is 3.17. The molecule has 4 heteroatoms. The fourth-order valence-corrected chi connectivity index (χ4v) is 3.94. The standard InChI is InChI=1S/C12H25NO2S/c1-3-4-5-6-10-13-11-8-7-9-12(11)16(2,14)15/h11-13H,3-10H2,1-2H3. The molecule has 3 nitrogen and oxygen atoms in total. The zero-order valence-electron chi connectivity index (χ0n) is 10.5. The van der Waals surface area contributed by atoms with Gasteiger partial charge in [0.2, 0.25) is 0 Å². The molecule has 0 radical (unpaired) electrons. The number of hydrogen-bond acceptors (Lipinski definition) is 3. The van der Waals surface area contributed by atoms with E-state index < -0.39 is 9.84 Å². The fraction of sp³-hybridized carbons (Fsp3) is 1.00. The van der Waals surface area contributed by atoms with Gasteiger partial charge in [-0.05, 0) is 25.8 Å². The van der Waals surface area contributed by atoms with Crippen molar-refractivity contribution >= 4 is 9.84 Å². The van der Waals surface area contributed by atoms with Crippen LogP contribution in [0.3, 0.4) is 0 Å². The lowest BCUT2D eigenvalue weighted by atomic mass is 10.2. The van der Waals surface area contributed by atoms with E-state index in [4.69, 9.17) is 0 Å². The number of sulfone groups is 1. The van der Waals surface area contributed by atoms with Crippen molar-refractivity contribution in [1.82, 2.24) is 5.32 Å². The number of hydrogen-bond donors (Lipinski definition) is 1. The monoisotopic (exact) mass is 247 g/mol. The Labute approximate surface area is 99.9 Å². The van der Waals surface area contributed by atoms with Gasteiger partial charge in [-0.2, -0.15) is 0 Å². The van der Waals surface area contributed by atoms with Gasteiger partial charge in [0.25, 0.3) is 0 Å². The molecule has 0 aliphatic heterocycles. The highest BCUT2D eigenvalue weighted by atomic mass is 32.2. The van der Waals surface area contributed by atoms with Gasteiger partial charge in [0.15, 0.2) is 9.84 Å². The van der Waals surface area contributed by atoms with E-state index in [-0.39, 0.29) is 11.3 Å². The predicted molar refractivity (Wildman–Crippen MR) is 68.4 cm³/mol. The summed E-state index contributed by atoms with van der Waals surface area (Å²) in [6, 6.07) is 0.205. The van der Waals surface area contributed by atoms with Crippen LogP contribution in [0, 0.1) is 0 Å². The van der Waals surface area contributed by atoms with Crippen molar-refractivity contribution in [3.05, 3.63) is 0 Å². The van der Waals surface area contributed by atoms with Crippen molar-refractivity contribution in [2.45, 2.75) is 63.2 Å². The summed E-state index contributed by atoms with van der Waals surface area (Å²) < 4.78 is 23.1. The van der Waals surface area contributed by atoms with E-state index >= 15 is 0 Å². The Morgan fingerprint density at radius 1 is 1.19 bits per heavy atom. The fourth-order valence-electron chi connectivity index (χ4n) is 2.51. The Morgan fingerprint density at radius 2 is 1.94 bits per heavy atom. The van der Waals surface area contributed by atoms with E-state index in [1.807, 2.05) is 0 Å². The molecule has 0 bridgehead atoms. The molecule has 0 aromatic heterocycles.